The molecule has 2 nitrogen and oxygen atoms in total. The molecule has 0 amide bonds. The summed E-state index contributed by atoms with van der Waals surface area (Å²) in [5.41, 5.74) is 8.23. The Hall–Kier alpha value is -0.670. The lowest BCUT2D eigenvalue weighted by molar-refractivity contribution is 0.530. The molecule has 90 valence electrons. The van der Waals surface area contributed by atoms with E-state index < -0.39 is 10.8 Å². The minimum atomic E-state index is -0.979. The summed E-state index contributed by atoms with van der Waals surface area (Å²) in [6.45, 7) is 8.16. The van der Waals surface area contributed by atoms with Gasteiger partial charge in [0.1, 0.15) is 0 Å². The standard InChI is InChI=1S/C13H21NOS/c1-9(2)12(14)8-16(15)13-6-5-10(3)7-11(13)4/h5-7,9,12H,8,14H2,1-4H3. The van der Waals surface area contributed by atoms with Crippen LogP contribution in [0.3, 0.4) is 0 Å². The van der Waals surface area contributed by atoms with Crippen molar-refractivity contribution in [2.45, 2.75) is 38.6 Å². The van der Waals surface area contributed by atoms with Crippen molar-refractivity contribution in [3.05, 3.63) is 29.3 Å². The molecule has 0 saturated carbocycles. The largest absolute Gasteiger partial charge is 0.327 e. The molecule has 0 bridgehead atoms. The Morgan fingerprint density at radius 2 is 1.94 bits per heavy atom. The maximum Gasteiger partial charge on any atom is 0.0547 e. The Kier molecular flexibility index (Phi) is 4.69. The van der Waals surface area contributed by atoms with Gasteiger partial charge in [0.2, 0.25) is 0 Å². The van der Waals surface area contributed by atoms with Crippen molar-refractivity contribution in [1.29, 1.82) is 0 Å². The molecule has 1 rings (SSSR count). The van der Waals surface area contributed by atoms with Crippen molar-refractivity contribution in [3.63, 3.8) is 0 Å². The molecule has 0 aliphatic carbocycles. The van der Waals surface area contributed by atoms with Gasteiger partial charge in [-0.2, -0.15) is 0 Å². The summed E-state index contributed by atoms with van der Waals surface area (Å²) in [4.78, 5) is 0.918. The molecule has 0 saturated heterocycles. The second-order valence-corrected chi connectivity index (χ2v) is 6.15. The van der Waals surface area contributed by atoms with Gasteiger partial charge in [-0.3, -0.25) is 4.21 Å². The summed E-state index contributed by atoms with van der Waals surface area (Å²) in [5, 5.41) is 0. The summed E-state index contributed by atoms with van der Waals surface area (Å²) in [6, 6.07) is 6.02. The van der Waals surface area contributed by atoms with Crippen molar-refractivity contribution >= 4 is 10.8 Å². The van der Waals surface area contributed by atoms with Crippen LogP contribution in [-0.2, 0) is 10.8 Å². The zero-order valence-corrected chi connectivity index (χ0v) is 11.3. The number of rotatable bonds is 4. The van der Waals surface area contributed by atoms with E-state index in [0.717, 1.165) is 10.5 Å². The summed E-state index contributed by atoms with van der Waals surface area (Å²) in [6.07, 6.45) is 0. The second-order valence-electron chi connectivity index (χ2n) is 4.69. The number of nitrogens with two attached hydrogens (primary N) is 1. The van der Waals surface area contributed by atoms with Gasteiger partial charge in [0.15, 0.2) is 0 Å². The highest BCUT2D eigenvalue weighted by Crippen LogP contribution is 2.16. The van der Waals surface area contributed by atoms with Crippen LogP contribution in [0.1, 0.15) is 25.0 Å². The van der Waals surface area contributed by atoms with Crippen molar-refractivity contribution < 1.29 is 4.21 Å². The molecular formula is C13H21NOS. The van der Waals surface area contributed by atoms with Gasteiger partial charge in [0, 0.05) is 16.7 Å². The first kappa shape index (κ1) is 13.4. The molecule has 3 heteroatoms. The molecule has 0 heterocycles. The third-order valence-corrected chi connectivity index (χ3v) is 4.41. The minimum absolute atomic E-state index is 0.00142. The zero-order valence-electron chi connectivity index (χ0n) is 10.5. The van der Waals surface area contributed by atoms with E-state index in [2.05, 4.69) is 19.9 Å². The van der Waals surface area contributed by atoms with E-state index in [1.54, 1.807) is 0 Å². The maximum absolute atomic E-state index is 12.1. The van der Waals surface area contributed by atoms with Crippen LogP contribution in [0.4, 0.5) is 0 Å². The monoisotopic (exact) mass is 239 g/mol. The molecule has 0 radical (unpaired) electrons. The highest BCUT2D eigenvalue weighted by molar-refractivity contribution is 7.85. The predicted octanol–water partition coefficient (Wildman–Crippen LogP) is 2.39. The average Bonchev–Trinajstić information content (AvgIpc) is 2.16. The van der Waals surface area contributed by atoms with Gasteiger partial charge in [-0.05, 0) is 31.4 Å². The van der Waals surface area contributed by atoms with E-state index in [9.17, 15) is 4.21 Å². The lowest BCUT2D eigenvalue weighted by Gasteiger charge is -2.15. The average molecular weight is 239 g/mol. The van der Waals surface area contributed by atoms with Crippen LogP contribution in [-0.4, -0.2) is 16.0 Å². The lowest BCUT2D eigenvalue weighted by atomic mass is 10.1. The predicted molar refractivity (Wildman–Crippen MR) is 70.0 cm³/mol. The molecule has 1 aromatic carbocycles. The summed E-state index contributed by atoms with van der Waals surface area (Å²) in [5.74, 6) is 0.913. The first-order valence-corrected chi connectivity index (χ1v) is 6.95. The summed E-state index contributed by atoms with van der Waals surface area (Å²) < 4.78 is 12.1. The summed E-state index contributed by atoms with van der Waals surface area (Å²) in [7, 11) is -0.979. The van der Waals surface area contributed by atoms with E-state index >= 15 is 0 Å². The third-order valence-electron chi connectivity index (χ3n) is 2.78. The van der Waals surface area contributed by atoms with E-state index in [1.165, 1.54) is 5.56 Å². The first-order valence-electron chi connectivity index (χ1n) is 5.63. The van der Waals surface area contributed by atoms with Gasteiger partial charge >= 0.3 is 0 Å². The number of hydrogen-bond donors (Lipinski definition) is 1. The normalized spacial score (nSPS) is 15.1. The van der Waals surface area contributed by atoms with Gasteiger partial charge in [0.25, 0.3) is 0 Å². The van der Waals surface area contributed by atoms with Crippen LogP contribution in [0, 0.1) is 19.8 Å². The molecule has 2 unspecified atom stereocenters. The molecule has 0 fully saturated rings. The van der Waals surface area contributed by atoms with E-state index in [1.807, 2.05) is 26.0 Å². The molecule has 2 N–H and O–H groups in total. The Labute approximate surface area is 101 Å². The molecule has 0 spiro atoms. The maximum atomic E-state index is 12.1. The fraction of sp³-hybridized carbons (Fsp3) is 0.538. The highest BCUT2D eigenvalue weighted by Gasteiger charge is 2.14. The molecular weight excluding hydrogens is 218 g/mol. The van der Waals surface area contributed by atoms with Gasteiger partial charge in [0.05, 0.1) is 10.8 Å². The van der Waals surface area contributed by atoms with E-state index in [0.29, 0.717) is 11.7 Å². The van der Waals surface area contributed by atoms with Gasteiger partial charge in [-0.1, -0.05) is 31.5 Å². The van der Waals surface area contributed by atoms with E-state index in [4.69, 9.17) is 5.73 Å². The Bertz CT molecular complexity index is 388. The molecule has 16 heavy (non-hydrogen) atoms. The van der Waals surface area contributed by atoms with Crippen LogP contribution in [0.5, 0.6) is 0 Å². The lowest BCUT2D eigenvalue weighted by Crippen LogP contribution is -2.32. The third kappa shape index (κ3) is 3.42. The zero-order chi connectivity index (χ0) is 12.3. The molecule has 0 aromatic heterocycles. The molecule has 2 atom stereocenters. The van der Waals surface area contributed by atoms with Crippen LogP contribution < -0.4 is 5.73 Å². The number of aryl methyl sites for hydroxylation is 2. The van der Waals surface area contributed by atoms with Gasteiger partial charge in [-0.15, -0.1) is 0 Å². The van der Waals surface area contributed by atoms with Gasteiger partial charge in [-0.25, -0.2) is 0 Å². The van der Waals surface area contributed by atoms with Crippen LogP contribution in [0.2, 0.25) is 0 Å². The van der Waals surface area contributed by atoms with E-state index in [-0.39, 0.29) is 6.04 Å². The molecule has 0 aliphatic heterocycles. The van der Waals surface area contributed by atoms with Crippen LogP contribution in [0.15, 0.2) is 23.1 Å². The van der Waals surface area contributed by atoms with Crippen molar-refractivity contribution in [1.82, 2.24) is 0 Å². The van der Waals surface area contributed by atoms with Gasteiger partial charge < -0.3 is 5.73 Å². The van der Waals surface area contributed by atoms with Crippen LogP contribution in [0.25, 0.3) is 0 Å². The minimum Gasteiger partial charge on any atom is -0.327 e. The fourth-order valence-electron chi connectivity index (χ4n) is 1.51. The molecule has 0 aliphatic rings. The van der Waals surface area contributed by atoms with Crippen molar-refractivity contribution in [3.8, 4) is 0 Å². The van der Waals surface area contributed by atoms with Crippen molar-refractivity contribution in [2.24, 2.45) is 11.7 Å². The SMILES string of the molecule is Cc1ccc(S(=O)CC(N)C(C)C)c(C)c1. The molecule has 1 aromatic rings. The van der Waals surface area contributed by atoms with Crippen molar-refractivity contribution in [2.75, 3.05) is 5.75 Å². The van der Waals surface area contributed by atoms with Crippen LogP contribution >= 0.6 is 0 Å². The Morgan fingerprint density at radius 1 is 1.31 bits per heavy atom. The fourth-order valence-corrected chi connectivity index (χ4v) is 3.06. The number of hydrogen-bond acceptors (Lipinski definition) is 2. The highest BCUT2D eigenvalue weighted by atomic mass is 32.2. The topological polar surface area (TPSA) is 43.1 Å². The Balaban J connectivity index is 2.81. The summed E-state index contributed by atoms with van der Waals surface area (Å²) >= 11 is 0. The smallest absolute Gasteiger partial charge is 0.0547 e. The second kappa shape index (κ2) is 5.60. The first-order chi connectivity index (χ1) is 7.41. The number of benzene rings is 1. The quantitative estimate of drug-likeness (QED) is 0.876. The Morgan fingerprint density at radius 3 is 2.44 bits per heavy atom.